The Hall–Kier alpha value is -1.13. The molecule has 1 aliphatic carbocycles. The molecule has 0 aliphatic heterocycles. The molecule has 1 aliphatic rings. The minimum absolute atomic E-state index is 0.605. The fourth-order valence-corrected chi connectivity index (χ4v) is 3.17. The molecule has 1 aromatic heterocycles. The molecule has 0 radical (unpaired) electrons. The molecular formula is C17H22BrN3. The van der Waals surface area contributed by atoms with E-state index in [-0.39, 0.29) is 0 Å². The fourth-order valence-electron chi connectivity index (χ4n) is 2.72. The van der Waals surface area contributed by atoms with Gasteiger partial charge in [0.2, 0.25) is 0 Å². The van der Waals surface area contributed by atoms with Crippen LogP contribution >= 0.6 is 15.9 Å². The maximum atomic E-state index is 4.29. The summed E-state index contributed by atoms with van der Waals surface area (Å²) >= 11 is 3.67. The van der Waals surface area contributed by atoms with E-state index < -0.39 is 0 Å². The molecular weight excluding hydrogens is 326 g/mol. The van der Waals surface area contributed by atoms with Crippen LogP contribution in [0.4, 0.5) is 0 Å². The largest absolute Gasteiger partial charge is 0.314 e. The van der Waals surface area contributed by atoms with Gasteiger partial charge >= 0.3 is 0 Å². The van der Waals surface area contributed by atoms with E-state index in [9.17, 15) is 0 Å². The van der Waals surface area contributed by atoms with Gasteiger partial charge in [0.05, 0.1) is 6.20 Å². The molecule has 0 bridgehead atoms. The summed E-state index contributed by atoms with van der Waals surface area (Å²) in [4.78, 5) is 0. The molecule has 3 rings (SSSR count). The number of hydrogen-bond acceptors (Lipinski definition) is 2. The SMILES string of the molecule is Cn1cc(CC(CNC2CC2)Cc2ccccc2Br)cn1. The second-order valence-electron chi connectivity index (χ2n) is 6.07. The Bertz CT molecular complexity index is 589. The third-order valence-corrected chi connectivity index (χ3v) is 4.80. The molecule has 1 atom stereocenters. The monoisotopic (exact) mass is 347 g/mol. The first-order chi connectivity index (χ1) is 10.2. The zero-order valence-electron chi connectivity index (χ0n) is 12.4. The summed E-state index contributed by atoms with van der Waals surface area (Å²) in [6, 6.07) is 9.31. The van der Waals surface area contributed by atoms with Crippen LogP contribution in [0.1, 0.15) is 24.0 Å². The Kier molecular flexibility index (Phi) is 4.76. The van der Waals surface area contributed by atoms with Gasteiger partial charge in [0, 0.05) is 23.8 Å². The summed E-state index contributed by atoms with van der Waals surface area (Å²) in [5.74, 6) is 0.605. The Morgan fingerprint density at radius 1 is 1.33 bits per heavy atom. The number of benzene rings is 1. The topological polar surface area (TPSA) is 29.9 Å². The minimum Gasteiger partial charge on any atom is -0.314 e. The zero-order chi connectivity index (χ0) is 14.7. The average molecular weight is 348 g/mol. The van der Waals surface area contributed by atoms with E-state index in [0.29, 0.717) is 5.92 Å². The molecule has 3 nitrogen and oxygen atoms in total. The summed E-state index contributed by atoms with van der Waals surface area (Å²) in [6.45, 7) is 1.08. The molecule has 1 heterocycles. The van der Waals surface area contributed by atoms with E-state index >= 15 is 0 Å². The highest BCUT2D eigenvalue weighted by Crippen LogP contribution is 2.23. The van der Waals surface area contributed by atoms with Gasteiger partial charge in [0.1, 0.15) is 0 Å². The Morgan fingerprint density at radius 3 is 2.81 bits per heavy atom. The van der Waals surface area contributed by atoms with Crippen LogP contribution in [-0.4, -0.2) is 22.4 Å². The molecule has 0 spiro atoms. The second-order valence-corrected chi connectivity index (χ2v) is 6.92. The minimum atomic E-state index is 0.605. The van der Waals surface area contributed by atoms with Crippen LogP contribution in [0, 0.1) is 5.92 Å². The summed E-state index contributed by atoms with van der Waals surface area (Å²) in [5, 5.41) is 7.97. The van der Waals surface area contributed by atoms with Crippen molar-refractivity contribution in [3.8, 4) is 0 Å². The fraction of sp³-hybridized carbons (Fsp3) is 0.471. The predicted molar refractivity (Wildman–Crippen MR) is 89.3 cm³/mol. The number of aromatic nitrogens is 2. The predicted octanol–water partition coefficient (Wildman–Crippen LogP) is 3.34. The van der Waals surface area contributed by atoms with Crippen LogP contribution in [0.15, 0.2) is 41.1 Å². The maximum Gasteiger partial charge on any atom is 0.0521 e. The lowest BCUT2D eigenvalue weighted by Gasteiger charge is -2.18. The normalized spacial score (nSPS) is 16.1. The van der Waals surface area contributed by atoms with Gasteiger partial charge in [-0.15, -0.1) is 0 Å². The lowest BCUT2D eigenvalue weighted by molar-refractivity contribution is 0.468. The molecule has 1 unspecified atom stereocenters. The van der Waals surface area contributed by atoms with Crippen LogP contribution in [-0.2, 0) is 19.9 Å². The molecule has 1 N–H and O–H groups in total. The van der Waals surface area contributed by atoms with Crippen LogP contribution < -0.4 is 5.32 Å². The number of halogens is 1. The van der Waals surface area contributed by atoms with Gasteiger partial charge in [0.25, 0.3) is 0 Å². The van der Waals surface area contributed by atoms with Crippen molar-refractivity contribution in [2.24, 2.45) is 13.0 Å². The molecule has 2 aromatic rings. The smallest absolute Gasteiger partial charge is 0.0521 e. The quantitative estimate of drug-likeness (QED) is 0.832. The lowest BCUT2D eigenvalue weighted by atomic mass is 9.93. The summed E-state index contributed by atoms with van der Waals surface area (Å²) in [5.41, 5.74) is 2.72. The van der Waals surface area contributed by atoms with E-state index in [1.165, 1.54) is 28.4 Å². The lowest BCUT2D eigenvalue weighted by Crippen LogP contribution is -2.27. The highest BCUT2D eigenvalue weighted by molar-refractivity contribution is 9.10. The standard InChI is InChI=1S/C17H22BrN3/c1-21-12-14(11-20-21)8-13(10-19-16-6-7-16)9-15-4-2-3-5-17(15)18/h2-5,11-13,16,19H,6-10H2,1H3. The van der Waals surface area contributed by atoms with Crippen LogP contribution in [0.2, 0.25) is 0 Å². The van der Waals surface area contributed by atoms with E-state index in [1.54, 1.807) is 0 Å². The molecule has 1 saturated carbocycles. The third kappa shape index (κ3) is 4.42. The van der Waals surface area contributed by atoms with Crippen LogP contribution in [0.25, 0.3) is 0 Å². The molecule has 112 valence electrons. The summed E-state index contributed by atoms with van der Waals surface area (Å²) in [6.07, 6.45) is 8.97. The number of rotatable bonds is 7. The van der Waals surface area contributed by atoms with Crippen molar-refractivity contribution in [3.63, 3.8) is 0 Å². The van der Waals surface area contributed by atoms with E-state index in [4.69, 9.17) is 0 Å². The first-order valence-electron chi connectivity index (χ1n) is 7.65. The van der Waals surface area contributed by atoms with Crippen LogP contribution in [0.3, 0.4) is 0 Å². The molecule has 21 heavy (non-hydrogen) atoms. The molecule has 0 saturated heterocycles. The van der Waals surface area contributed by atoms with Crippen LogP contribution in [0.5, 0.6) is 0 Å². The Balaban J connectivity index is 1.67. The van der Waals surface area contributed by atoms with Crippen molar-refractivity contribution in [2.75, 3.05) is 6.54 Å². The van der Waals surface area contributed by atoms with Gasteiger partial charge in [-0.2, -0.15) is 5.10 Å². The van der Waals surface area contributed by atoms with Crippen molar-refractivity contribution in [1.29, 1.82) is 0 Å². The van der Waals surface area contributed by atoms with Crippen molar-refractivity contribution in [1.82, 2.24) is 15.1 Å². The molecule has 1 aromatic carbocycles. The number of aryl methyl sites for hydroxylation is 1. The van der Waals surface area contributed by atoms with Gasteiger partial charge in [-0.3, -0.25) is 4.68 Å². The van der Waals surface area contributed by atoms with E-state index in [2.05, 4.69) is 56.8 Å². The maximum absolute atomic E-state index is 4.29. The highest BCUT2D eigenvalue weighted by Gasteiger charge is 2.22. The van der Waals surface area contributed by atoms with E-state index in [0.717, 1.165) is 25.4 Å². The van der Waals surface area contributed by atoms with Gasteiger partial charge in [-0.25, -0.2) is 0 Å². The third-order valence-electron chi connectivity index (χ3n) is 4.02. The molecule has 0 amide bonds. The van der Waals surface area contributed by atoms with Gasteiger partial charge in [-0.1, -0.05) is 34.1 Å². The van der Waals surface area contributed by atoms with Crippen molar-refractivity contribution in [3.05, 3.63) is 52.3 Å². The summed E-state index contributed by atoms with van der Waals surface area (Å²) in [7, 11) is 1.98. The van der Waals surface area contributed by atoms with Crippen molar-refractivity contribution in [2.45, 2.75) is 31.7 Å². The number of nitrogens with one attached hydrogen (secondary N) is 1. The first-order valence-corrected chi connectivity index (χ1v) is 8.44. The van der Waals surface area contributed by atoms with E-state index in [1.807, 2.05) is 17.9 Å². The Labute approximate surface area is 134 Å². The van der Waals surface area contributed by atoms with Crippen molar-refractivity contribution < 1.29 is 0 Å². The molecule has 1 fully saturated rings. The zero-order valence-corrected chi connectivity index (χ0v) is 14.0. The number of nitrogens with zero attached hydrogens (tertiary/aromatic N) is 2. The number of hydrogen-bond donors (Lipinski definition) is 1. The first kappa shape index (κ1) is 14.8. The van der Waals surface area contributed by atoms with Gasteiger partial charge in [0.15, 0.2) is 0 Å². The second kappa shape index (κ2) is 6.75. The average Bonchev–Trinajstić information content (AvgIpc) is 3.21. The van der Waals surface area contributed by atoms with Crippen molar-refractivity contribution >= 4 is 15.9 Å². The summed E-state index contributed by atoms with van der Waals surface area (Å²) < 4.78 is 3.10. The van der Waals surface area contributed by atoms with Gasteiger partial charge < -0.3 is 5.32 Å². The van der Waals surface area contributed by atoms with Gasteiger partial charge in [-0.05, 0) is 55.3 Å². The highest BCUT2D eigenvalue weighted by atomic mass is 79.9. The Morgan fingerprint density at radius 2 is 2.14 bits per heavy atom. The molecule has 4 heteroatoms.